The number of nitrogens with one attached hydrogen (secondary N) is 1. The third-order valence-electron chi connectivity index (χ3n) is 5.90. The highest BCUT2D eigenvalue weighted by Crippen LogP contribution is 2.35. The Labute approximate surface area is 193 Å². The summed E-state index contributed by atoms with van der Waals surface area (Å²) in [6.07, 6.45) is 2.48. The number of carbonyl (C=O) groups is 1. The van der Waals surface area contributed by atoms with E-state index < -0.39 is 10.0 Å². The maximum Gasteiger partial charge on any atom is 0.261 e. The van der Waals surface area contributed by atoms with Gasteiger partial charge in [-0.1, -0.05) is 24.3 Å². The van der Waals surface area contributed by atoms with Gasteiger partial charge in [0.2, 0.25) is 15.9 Å². The number of benzene rings is 2. The van der Waals surface area contributed by atoms with Crippen LogP contribution >= 0.6 is 0 Å². The van der Waals surface area contributed by atoms with Crippen molar-refractivity contribution in [1.29, 1.82) is 0 Å². The molecule has 9 heteroatoms. The molecule has 1 atom stereocenters. The monoisotopic (exact) mass is 468 g/mol. The van der Waals surface area contributed by atoms with E-state index in [4.69, 9.17) is 0 Å². The van der Waals surface area contributed by atoms with Gasteiger partial charge in [0, 0.05) is 33.0 Å². The third kappa shape index (κ3) is 4.84. The van der Waals surface area contributed by atoms with E-state index in [0.29, 0.717) is 23.1 Å². The molecular formula is C24H28N4O4S. The Morgan fingerprint density at radius 1 is 1.15 bits per heavy atom. The number of hydrogen-bond donors (Lipinski definition) is 1. The van der Waals surface area contributed by atoms with Gasteiger partial charge in [-0.15, -0.1) is 0 Å². The van der Waals surface area contributed by atoms with Gasteiger partial charge in [-0.3, -0.25) is 14.2 Å². The van der Waals surface area contributed by atoms with Crippen LogP contribution in [0.3, 0.4) is 0 Å². The molecule has 1 aromatic heterocycles. The molecule has 1 unspecified atom stereocenters. The summed E-state index contributed by atoms with van der Waals surface area (Å²) in [7, 11) is -0.525. The van der Waals surface area contributed by atoms with Crippen LogP contribution < -0.4 is 10.9 Å². The highest BCUT2D eigenvalue weighted by atomic mass is 32.2. The molecule has 1 aliphatic carbocycles. The molecule has 8 nitrogen and oxygen atoms in total. The van der Waals surface area contributed by atoms with Crippen LogP contribution in [0, 0.1) is 0 Å². The Morgan fingerprint density at radius 3 is 2.45 bits per heavy atom. The van der Waals surface area contributed by atoms with Crippen LogP contribution in [0.5, 0.6) is 0 Å². The summed E-state index contributed by atoms with van der Waals surface area (Å²) in [6.45, 7) is 1.85. The van der Waals surface area contributed by atoms with Crippen molar-refractivity contribution in [2.24, 2.45) is 0 Å². The molecule has 174 valence electrons. The molecule has 3 aromatic rings. The second-order valence-electron chi connectivity index (χ2n) is 8.60. The number of aromatic nitrogens is 2. The molecule has 2 aromatic carbocycles. The number of hydrogen-bond acceptors (Lipinski definition) is 5. The number of sulfonamides is 1. The summed E-state index contributed by atoms with van der Waals surface area (Å²) in [6, 6.07) is 13.7. The summed E-state index contributed by atoms with van der Waals surface area (Å²) in [4.78, 5) is 30.5. The average Bonchev–Trinajstić information content (AvgIpc) is 3.63. The van der Waals surface area contributed by atoms with Gasteiger partial charge in [-0.05, 0) is 49.6 Å². The van der Waals surface area contributed by atoms with Crippen molar-refractivity contribution in [3.63, 3.8) is 0 Å². The number of nitrogens with zero attached hydrogens (tertiary/aromatic N) is 3. The predicted octanol–water partition coefficient (Wildman–Crippen LogP) is 2.79. The third-order valence-corrected chi connectivity index (χ3v) is 7.73. The summed E-state index contributed by atoms with van der Waals surface area (Å²) in [5.41, 5.74) is 1.41. The van der Waals surface area contributed by atoms with Crippen LogP contribution in [-0.4, -0.2) is 42.3 Å². The van der Waals surface area contributed by atoms with Gasteiger partial charge in [0.25, 0.3) is 5.56 Å². The lowest BCUT2D eigenvalue weighted by Crippen LogP contribution is -2.29. The van der Waals surface area contributed by atoms with E-state index in [2.05, 4.69) is 10.3 Å². The van der Waals surface area contributed by atoms with Gasteiger partial charge in [-0.2, -0.15) is 0 Å². The van der Waals surface area contributed by atoms with Gasteiger partial charge in [0.1, 0.15) is 5.82 Å². The molecule has 0 aliphatic heterocycles. The quantitative estimate of drug-likeness (QED) is 0.548. The standard InChI is InChI=1S/C24H28N4O4S/c1-16(17-8-12-19(13-9-17)33(31,32)27(2)3)25-23(29)15-14-22-26-21-7-5-4-6-20(21)24(30)28(22)18-10-11-18/h4-9,12-13,16,18H,10-11,14-15H2,1-3H3,(H,25,29). The maximum absolute atomic E-state index is 13.0. The number of carbonyl (C=O) groups excluding carboxylic acids is 1. The fourth-order valence-electron chi connectivity index (χ4n) is 3.84. The van der Waals surface area contributed by atoms with E-state index in [9.17, 15) is 18.0 Å². The van der Waals surface area contributed by atoms with Crippen molar-refractivity contribution < 1.29 is 13.2 Å². The van der Waals surface area contributed by atoms with Crippen LogP contribution in [0.2, 0.25) is 0 Å². The van der Waals surface area contributed by atoms with Gasteiger partial charge < -0.3 is 5.32 Å². The summed E-state index contributed by atoms with van der Waals surface area (Å²) in [5, 5.41) is 3.55. The van der Waals surface area contributed by atoms with E-state index in [0.717, 1.165) is 22.7 Å². The zero-order valence-electron chi connectivity index (χ0n) is 19.0. The van der Waals surface area contributed by atoms with E-state index in [1.54, 1.807) is 34.9 Å². The van der Waals surface area contributed by atoms with Crippen molar-refractivity contribution in [2.45, 2.75) is 49.6 Å². The van der Waals surface area contributed by atoms with E-state index in [-0.39, 0.29) is 34.9 Å². The molecule has 1 aliphatic rings. The minimum atomic E-state index is -3.50. The van der Waals surface area contributed by atoms with Gasteiger partial charge in [-0.25, -0.2) is 17.7 Å². The van der Waals surface area contributed by atoms with Crippen molar-refractivity contribution in [1.82, 2.24) is 19.2 Å². The number of aryl methyl sites for hydroxylation is 1. The van der Waals surface area contributed by atoms with Crippen LogP contribution in [0.15, 0.2) is 58.2 Å². The Hall–Kier alpha value is -3.04. The maximum atomic E-state index is 13.0. The topological polar surface area (TPSA) is 101 Å². The van der Waals surface area contributed by atoms with E-state index in [1.807, 2.05) is 25.1 Å². The minimum Gasteiger partial charge on any atom is -0.350 e. The fourth-order valence-corrected chi connectivity index (χ4v) is 4.74. The first-order chi connectivity index (χ1) is 15.7. The molecule has 0 radical (unpaired) electrons. The van der Waals surface area contributed by atoms with Gasteiger partial charge in [0.05, 0.1) is 21.8 Å². The van der Waals surface area contributed by atoms with E-state index >= 15 is 0 Å². The Kier molecular flexibility index (Phi) is 6.36. The lowest BCUT2D eigenvalue weighted by molar-refractivity contribution is -0.121. The lowest BCUT2D eigenvalue weighted by Gasteiger charge is -2.17. The Balaban J connectivity index is 1.44. The fraction of sp³-hybridized carbons (Fsp3) is 0.375. The predicted molar refractivity (Wildman–Crippen MR) is 126 cm³/mol. The van der Waals surface area contributed by atoms with Crippen molar-refractivity contribution in [2.75, 3.05) is 14.1 Å². The minimum absolute atomic E-state index is 0.0420. The first kappa shape index (κ1) is 23.1. The Bertz CT molecular complexity index is 1340. The lowest BCUT2D eigenvalue weighted by atomic mass is 10.1. The molecule has 0 saturated heterocycles. The zero-order valence-corrected chi connectivity index (χ0v) is 19.8. The summed E-state index contributed by atoms with van der Waals surface area (Å²) >= 11 is 0. The normalized spacial score (nSPS) is 15.0. The average molecular weight is 469 g/mol. The second-order valence-corrected chi connectivity index (χ2v) is 10.7. The molecule has 4 rings (SSSR count). The zero-order chi connectivity index (χ0) is 23.8. The van der Waals surface area contributed by atoms with Gasteiger partial charge in [0.15, 0.2) is 0 Å². The molecule has 1 saturated carbocycles. The van der Waals surface area contributed by atoms with Gasteiger partial charge >= 0.3 is 0 Å². The largest absolute Gasteiger partial charge is 0.350 e. The molecule has 1 amide bonds. The van der Waals surface area contributed by atoms with Crippen molar-refractivity contribution in [3.05, 3.63) is 70.3 Å². The summed E-state index contributed by atoms with van der Waals surface area (Å²) in [5.74, 6) is 0.486. The molecule has 1 heterocycles. The molecule has 33 heavy (non-hydrogen) atoms. The van der Waals surface area contributed by atoms with E-state index in [1.165, 1.54) is 14.1 Å². The molecule has 0 bridgehead atoms. The number of amides is 1. The van der Waals surface area contributed by atoms with Crippen LogP contribution in [0.4, 0.5) is 0 Å². The molecular weight excluding hydrogens is 440 g/mol. The first-order valence-corrected chi connectivity index (χ1v) is 12.4. The van der Waals surface area contributed by atoms with Crippen LogP contribution in [-0.2, 0) is 21.2 Å². The summed E-state index contributed by atoms with van der Waals surface area (Å²) < 4.78 is 27.4. The van der Waals surface area contributed by atoms with Crippen molar-refractivity contribution in [3.8, 4) is 0 Å². The Morgan fingerprint density at radius 2 is 1.82 bits per heavy atom. The second kappa shape index (κ2) is 9.07. The SMILES string of the molecule is CC(NC(=O)CCc1nc2ccccc2c(=O)n1C1CC1)c1ccc(S(=O)(=O)N(C)C)cc1. The molecule has 0 spiro atoms. The smallest absolute Gasteiger partial charge is 0.261 e. The van der Waals surface area contributed by atoms with Crippen molar-refractivity contribution >= 4 is 26.8 Å². The highest BCUT2D eigenvalue weighted by Gasteiger charge is 2.28. The first-order valence-electron chi connectivity index (χ1n) is 11.0. The highest BCUT2D eigenvalue weighted by molar-refractivity contribution is 7.89. The molecule has 1 N–H and O–H groups in total. The number of rotatable bonds is 8. The number of fused-ring (bicyclic) bond motifs is 1. The number of para-hydroxylation sites is 1. The molecule has 1 fully saturated rings. The van der Waals surface area contributed by atoms with Crippen LogP contribution in [0.1, 0.15) is 49.7 Å². The van der Waals surface area contributed by atoms with Crippen LogP contribution in [0.25, 0.3) is 10.9 Å².